The molecule has 1 aliphatic carbocycles. The van der Waals surface area contributed by atoms with Crippen molar-refractivity contribution in [2.45, 2.75) is 65.3 Å². The summed E-state index contributed by atoms with van der Waals surface area (Å²) >= 11 is 0. The summed E-state index contributed by atoms with van der Waals surface area (Å²) in [6.45, 7) is 11.6. The van der Waals surface area contributed by atoms with Crippen molar-refractivity contribution in [1.29, 1.82) is 0 Å². The maximum Gasteiger partial charge on any atom is 0.234 e. The lowest BCUT2D eigenvalue weighted by atomic mass is 9.76. The summed E-state index contributed by atoms with van der Waals surface area (Å²) < 4.78 is 0. The van der Waals surface area contributed by atoms with Crippen molar-refractivity contribution in [3.05, 3.63) is 0 Å². The second-order valence-corrected chi connectivity index (χ2v) is 7.23. The van der Waals surface area contributed by atoms with Crippen molar-refractivity contribution in [2.75, 3.05) is 26.2 Å². The van der Waals surface area contributed by atoms with Crippen molar-refractivity contribution in [3.8, 4) is 0 Å². The van der Waals surface area contributed by atoms with Crippen molar-refractivity contribution in [1.82, 2.24) is 10.2 Å². The van der Waals surface area contributed by atoms with Gasteiger partial charge in [0.2, 0.25) is 5.91 Å². The van der Waals surface area contributed by atoms with E-state index in [1.54, 1.807) is 0 Å². The average Bonchev–Trinajstić information content (AvgIpc) is 2.46. The quantitative estimate of drug-likeness (QED) is 0.723. The Morgan fingerprint density at radius 3 is 2.48 bits per heavy atom. The fourth-order valence-electron chi connectivity index (χ4n) is 3.25. The van der Waals surface area contributed by atoms with Gasteiger partial charge in [-0.15, -0.1) is 0 Å². The number of carbonyl (C=O) groups is 1. The van der Waals surface area contributed by atoms with E-state index in [1.165, 1.54) is 12.8 Å². The molecule has 0 unspecified atom stereocenters. The number of carbonyl (C=O) groups excluding carboxylic acids is 1. The smallest absolute Gasteiger partial charge is 0.234 e. The Morgan fingerprint density at radius 2 is 2.00 bits per heavy atom. The van der Waals surface area contributed by atoms with Crippen molar-refractivity contribution < 1.29 is 4.79 Å². The van der Waals surface area contributed by atoms with Crippen LogP contribution < -0.4 is 11.1 Å². The number of hydrogen-bond donors (Lipinski definition) is 2. The van der Waals surface area contributed by atoms with Gasteiger partial charge in [-0.3, -0.25) is 9.69 Å². The second-order valence-electron chi connectivity index (χ2n) is 7.23. The van der Waals surface area contributed by atoms with E-state index in [1.807, 2.05) is 0 Å². The van der Waals surface area contributed by atoms with Crippen LogP contribution in [0.2, 0.25) is 0 Å². The Balaban J connectivity index is 2.67. The summed E-state index contributed by atoms with van der Waals surface area (Å²) in [7, 11) is 0. The molecule has 1 fully saturated rings. The van der Waals surface area contributed by atoms with Crippen molar-refractivity contribution in [2.24, 2.45) is 17.6 Å². The Bertz CT molecular complexity index is 309. The molecule has 0 aromatic rings. The van der Waals surface area contributed by atoms with E-state index in [2.05, 4.69) is 37.9 Å². The molecule has 1 aliphatic rings. The zero-order valence-electron chi connectivity index (χ0n) is 14.5. The minimum Gasteiger partial charge on any atom is -0.355 e. The van der Waals surface area contributed by atoms with E-state index < -0.39 is 0 Å². The maximum absolute atomic E-state index is 12.2. The lowest BCUT2D eigenvalue weighted by Crippen LogP contribution is -2.58. The standard InChI is InChI=1S/C17H35N3O/c1-5-10-20(12-16(21)19-11-14(2)3)17(13-18)8-6-15(4)7-9-17/h14-15H,5-13,18H2,1-4H3,(H,19,21). The molecule has 0 aromatic carbocycles. The van der Waals surface area contributed by atoms with Crippen LogP contribution in [0, 0.1) is 11.8 Å². The first-order valence-electron chi connectivity index (χ1n) is 8.65. The van der Waals surface area contributed by atoms with Gasteiger partial charge in [0.25, 0.3) is 0 Å². The van der Waals surface area contributed by atoms with Crippen LogP contribution in [0.25, 0.3) is 0 Å². The molecule has 0 heterocycles. The van der Waals surface area contributed by atoms with E-state index in [-0.39, 0.29) is 11.4 Å². The van der Waals surface area contributed by atoms with E-state index in [0.717, 1.165) is 38.3 Å². The first kappa shape index (κ1) is 18.4. The lowest BCUT2D eigenvalue weighted by Gasteiger charge is -2.47. The number of amides is 1. The van der Waals surface area contributed by atoms with Gasteiger partial charge in [0.15, 0.2) is 0 Å². The zero-order valence-corrected chi connectivity index (χ0v) is 14.5. The van der Waals surface area contributed by atoms with Gasteiger partial charge in [-0.05, 0) is 50.5 Å². The van der Waals surface area contributed by atoms with E-state index >= 15 is 0 Å². The van der Waals surface area contributed by atoms with Crippen LogP contribution in [-0.2, 0) is 4.79 Å². The van der Waals surface area contributed by atoms with Gasteiger partial charge in [0.1, 0.15) is 0 Å². The molecule has 0 spiro atoms. The third-order valence-corrected chi connectivity index (χ3v) is 4.79. The molecule has 0 radical (unpaired) electrons. The summed E-state index contributed by atoms with van der Waals surface area (Å²) in [6.07, 6.45) is 5.77. The van der Waals surface area contributed by atoms with Gasteiger partial charge in [-0.2, -0.15) is 0 Å². The second kappa shape index (κ2) is 8.74. The fourth-order valence-corrected chi connectivity index (χ4v) is 3.25. The van der Waals surface area contributed by atoms with Crippen LogP contribution in [0.1, 0.15) is 59.8 Å². The summed E-state index contributed by atoms with van der Waals surface area (Å²) in [5.74, 6) is 1.43. The lowest BCUT2D eigenvalue weighted by molar-refractivity contribution is -0.124. The Hall–Kier alpha value is -0.610. The Labute approximate surface area is 130 Å². The number of rotatable bonds is 8. The highest BCUT2D eigenvalue weighted by atomic mass is 16.2. The molecule has 0 saturated heterocycles. The highest BCUT2D eigenvalue weighted by molar-refractivity contribution is 5.78. The number of nitrogens with one attached hydrogen (secondary N) is 1. The first-order valence-corrected chi connectivity index (χ1v) is 8.65. The molecule has 4 heteroatoms. The van der Waals surface area contributed by atoms with E-state index in [0.29, 0.717) is 19.0 Å². The van der Waals surface area contributed by atoms with Crippen molar-refractivity contribution in [3.63, 3.8) is 0 Å². The van der Waals surface area contributed by atoms with Crippen LogP contribution in [0.15, 0.2) is 0 Å². The Kier molecular flexibility index (Phi) is 7.67. The summed E-state index contributed by atoms with van der Waals surface area (Å²) in [4.78, 5) is 14.6. The Morgan fingerprint density at radius 1 is 1.38 bits per heavy atom. The minimum atomic E-state index is 0.0394. The third-order valence-electron chi connectivity index (χ3n) is 4.79. The molecule has 1 rings (SSSR count). The molecule has 1 amide bonds. The summed E-state index contributed by atoms with van der Waals surface area (Å²) in [5.41, 5.74) is 6.18. The minimum absolute atomic E-state index is 0.0394. The van der Waals surface area contributed by atoms with E-state index in [9.17, 15) is 4.79 Å². The predicted molar refractivity (Wildman–Crippen MR) is 89.1 cm³/mol. The molecule has 1 saturated carbocycles. The monoisotopic (exact) mass is 297 g/mol. The van der Waals surface area contributed by atoms with E-state index in [4.69, 9.17) is 5.73 Å². The molecule has 4 nitrogen and oxygen atoms in total. The maximum atomic E-state index is 12.2. The number of nitrogens with two attached hydrogens (primary N) is 1. The predicted octanol–water partition coefficient (Wildman–Crippen LogP) is 2.38. The highest BCUT2D eigenvalue weighted by Crippen LogP contribution is 2.35. The average molecular weight is 297 g/mol. The zero-order chi connectivity index (χ0) is 15.9. The molecular weight excluding hydrogens is 262 g/mol. The molecule has 0 atom stereocenters. The normalized spacial score (nSPS) is 26.3. The van der Waals surface area contributed by atoms with Gasteiger partial charge in [-0.1, -0.05) is 27.7 Å². The first-order chi connectivity index (χ1) is 9.93. The van der Waals surface area contributed by atoms with Gasteiger partial charge < -0.3 is 11.1 Å². The van der Waals surface area contributed by atoms with Crippen LogP contribution in [0.3, 0.4) is 0 Å². The largest absolute Gasteiger partial charge is 0.355 e. The third kappa shape index (κ3) is 5.59. The van der Waals surface area contributed by atoms with Crippen LogP contribution in [0.4, 0.5) is 0 Å². The molecular formula is C17H35N3O. The molecule has 0 aliphatic heterocycles. The molecule has 0 bridgehead atoms. The van der Waals surface area contributed by atoms with Crippen LogP contribution >= 0.6 is 0 Å². The summed E-state index contributed by atoms with van der Waals surface area (Å²) in [6, 6.07) is 0. The SMILES string of the molecule is CCCN(CC(=O)NCC(C)C)C1(CN)CCC(C)CC1. The van der Waals surface area contributed by atoms with Gasteiger partial charge in [0.05, 0.1) is 6.54 Å². The van der Waals surface area contributed by atoms with Crippen LogP contribution in [-0.4, -0.2) is 42.5 Å². The summed E-state index contributed by atoms with van der Waals surface area (Å²) in [5, 5.41) is 3.04. The highest BCUT2D eigenvalue weighted by Gasteiger charge is 2.38. The fraction of sp³-hybridized carbons (Fsp3) is 0.941. The van der Waals surface area contributed by atoms with Gasteiger partial charge in [0, 0.05) is 18.6 Å². The molecule has 124 valence electrons. The van der Waals surface area contributed by atoms with Gasteiger partial charge in [-0.25, -0.2) is 0 Å². The topological polar surface area (TPSA) is 58.4 Å². The van der Waals surface area contributed by atoms with Crippen LogP contribution in [0.5, 0.6) is 0 Å². The van der Waals surface area contributed by atoms with Crippen molar-refractivity contribution >= 4 is 5.91 Å². The number of hydrogen-bond acceptors (Lipinski definition) is 3. The molecule has 0 aromatic heterocycles. The van der Waals surface area contributed by atoms with Gasteiger partial charge >= 0.3 is 0 Å². The molecule has 21 heavy (non-hydrogen) atoms. The number of nitrogens with zero attached hydrogens (tertiary/aromatic N) is 1. The molecule has 3 N–H and O–H groups in total.